The van der Waals surface area contributed by atoms with Crippen LogP contribution >= 0.6 is 31.9 Å². The van der Waals surface area contributed by atoms with E-state index in [9.17, 15) is 4.79 Å². The van der Waals surface area contributed by atoms with Crippen LogP contribution in [0.3, 0.4) is 0 Å². The van der Waals surface area contributed by atoms with Gasteiger partial charge < -0.3 is 14.2 Å². The van der Waals surface area contributed by atoms with Gasteiger partial charge in [0.2, 0.25) is 0 Å². The van der Waals surface area contributed by atoms with Crippen LogP contribution in [-0.4, -0.2) is 32.9 Å². The normalized spacial score (nSPS) is 10.6. The molecule has 0 atom stereocenters. The van der Waals surface area contributed by atoms with Gasteiger partial charge in [0, 0.05) is 10.0 Å². The van der Waals surface area contributed by atoms with Crippen LogP contribution in [0.4, 0.5) is 0 Å². The summed E-state index contributed by atoms with van der Waals surface area (Å²) in [5.74, 6) is 1.47. The fourth-order valence-corrected chi connectivity index (χ4v) is 3.04. The van der Waals surface area contributed by atoms with Gasteiger partial charge in [0.1, 0.15) is 17.2 Å². The number of amides is 1. The molecule has 132 valence electrons. The van der Waals surface area contributed by atoms with E-state index in [4.69, 9.17) is 14.2 Å². The van der Waals surface area contributed by atoms with Crippen LogP contribution in [0.5, 0.6) is 17.2 Å². The molecular weight excluding hydrogens is 456 g/mol. The average Bonchev–Trinajstić information content (AvgIpc) is 2.60. The Balaban J connectivity index is 1.92. The Hall–Kier alpha value is -2.06. The molecular formula is C17H16Br2N2O4. The molecule has 0 saturated carbocycles. The van der Waals surface area contributed by atoms with Crippen LogP contribution in [0, 0.1) is 0 Å². The van der Waals surface area contributed by atoms with Gasteiger partial charge in [0.15, 0.2) is 6.61 Å². The summed E-state index contributed by atoms with van der Waals surface area (Å²) < 4.78 is 17.5. The van der Waals surface area contributed by atoms with Crippen LogP contribution in [0.25, 0.3) is 0 Å². The molecule has 0 fully saturated rings. The predicted molar refractivity (Wildman–Crippen MR) is 103 cm³/mol. The first-order valence-corrected chi connectivity index (χ1v) is 8.74. The number of nitrogens with zero attached hydrogens (tertiary/aromatic N) is 1. The molecule has 0 bridgehead atoms. The lowest BCUT2D eigenvalue weighted by Crippen LogP contribution is -2.24. The number of hydrogen-bond donors (Lipinski definition) is 1. The van der Waals surface area contributed by atoms with Crippen molar-refractivity contribution in [2.75, 3.05) is 20.8 Å². The van der Waals surface area contributed by atoms with E-state index in [2.05, 4.69) is 42.4 Å². The topological polar surface area (TPSA) is 69.2 Å². The Bertz CT molecular complexity index is 781. The number of ether oxygens (including phenoxy) is 3. The summed E-state index contributed by atoms with van der Waals surface area (Å²) in [6.45, 7) is -0.160. The molecule has 0 heterocycles. The second-order valence-electron chi connectivity index (χ2n) is 4.76. The second kappa shape index (κ2) is 9.43. The zero-order chi connectivity index (χ0) is 18.2. The number of hydrazone groups is 1. The molecule has 0 spiro atoms. The second-order valence-corrected chi connectivity index (χ2v) is 6.53. The highest BCUT2D eigenvalue weighted by Gasteiger charge is 2.06. The van der Waals surface area contributed by atoms with Gasteiger partial charge in [-0.3, -0.25) is 4.79 Å². The van der Waals surface area contributed by atoms with Crippen molar-refractivity contribution in [3.63, 3.8) is 0 Å². The molecule has 0 radical (unpaired) electrons. The zero-order valence-corrected chi connectivity index (χ0v) is 16.8. The molecule has 2 rings (SSSR count). The summed E-state index contributed by atoms with van der Waals surface area (Å²) in [4.78, 5) is 11.8. The molecule has 0 aliphatic rings. The highest BCUT2D eigenvalue weighted by Crippen LogP contribution is 2.28. The maximum Gasteiger partial charge on any atom is 0.277 e. The molecule has 0 unspecified atom stereocenters. The van der Waals surface area contributed by atoms with Gasteiger partial charge >= 0.3 is 0 Å². The van der Waals surface area contributed by atoms with Crippen LogP contribution in [0.15, 0.2) is 50.4 Å². The molecule has 25 heavy (non-hydrogen) atoms. The molecule has 0 saturated heterocycles. The fourth-order valence-electron chi connectivity index (χ4n) is 1.88. The molecule has 0 aliphatic heterocycles. The highest BCUT2D eigenvalue weighted by atomic mass is 79.9. The summed E-state index contributed by atoms with van der Waals surface area (Å²) in [7, 11) is 3.13. The van der Waals surface area contributed by atoms with E-state index >= 15 is 0 Å². The van der Waals surface area contributed by atoms with Crippen molar-refractivity contribution < 1.29 is 19.0 Å². The smallest absolute Gasteiger partial charge is 0.277 e. The Kier molecular flexibility index (Phi) is 7.27. The van der Waals surface area contributed by atoms with E-state index in [1.807, 2.05) is 12.1 Å². The molecule has 0 aromatic heterocycles. The molecule has 1 N–H and O–H groups in total. The number of nitrogens with one attached hydrogen (secondary N) is 1. The van der Waals surface area contributed by atoms with Crippen molar-refractivity contribution in [3.8, 4) is 17.2 Å². The van der Waals surface area contributed by atoms with Gasteiger partial charge in [-0.25, -0.2) is 5.43 Å². The van der Waals surface area contributed by atoms with Crippen molar-refractivity contribution in [3.05, 3.63) is 50.9 Å². The monoisotopic (exact) mass is 470 g/mol. The van der Waals surface area contributed by atoms with Gasteiger partial charge in [-0.2, -0.15) is 5.10 Å². The van der Waals surface area contributed by atoms with Crippen molar-refractivity contribution in [2.24, 2.45) is 5.10 Å². The van der Waals surface area contributed by atoms with E-state index in [1.54, 1.807) is 38.5 Å². The van der Waals surface area contributed by atoms with Crippen LogP contribution in [0.2, 0.25) is 0 Å². The minimum atomic E-state index is -0.382. The molecule has 8 heteroatoms. The summed E-state index contributed by atoms with van der Waals surface area (Å²) in [5, 5.41) is 3.92. The number of carbonyl (C=O) groups excluding carboxylic acids is 1. The number of halogens is 2. The van der Waals surface area contributed by atoms with Gasteiger partial charge in [-0.05, 0) is 52.3 Å². The largest absolute Gasteiger partial charge is 0.497 e. The van der Waals surface area contributed by atoms with Crippen molar-refractivity contribution in [2.45, 2.75) is 0 Å². The van der Waals surface area contributed by atoms with E-state index in [1.165, 1.54) is 6.21 Å². The van der Waals surface area contributed by atoms with Crippen molar-refractivity contribution in [1.29, 1.82) is 0 Å². The van der Waals surface area contributed by atoms with Crippen LogP contribution in [0.1, 0.15) is 5.56 Å². The lowest BCUT2D eigenvalue weighted by molar-refractivity contribution is -0.123. The Labute approximate surface area is 162 Å². The Morgan fingerprint density at radius 1 is 1.12 bits per heavy atom. The maximum atomic E-state index is 11.8. The minimum absolute atomic E-state index is 0.160. The van der Waals surface area contributed by atoms with Crippen molar-refractivity contribution >= 4 is 44.0 Å². The minimum Gasteiger partial charge on any atom is -0.497 e. The van der Waals surface area contributed by atoms with E-state index in [-0.39, 0.29) is 12.5 Å². The molecule has 0 aliphatic carbocycles. The van der Waals surface area contributed by atoms with E-state index in [0.29, 0.717) is 22.8 Å². The summed E-state index contributed by atoms with van der Waals surface area (Å²) in [5.41, 5.74) is 3.08. The predicted octanol–water partition coefficient (Wildman–Crippen LogP) is 3.76. The lowest BCUT2D eigenvalue weighted by Gasteiger charge is -2.08. The SMILES string of the molecule is COc1ccc(OC)c(C=NNC(=O)COc2ccc(Br)cc2Br)c1. The number of benzene rings is 2. The molecule has 6 nitrogen and oxygen atoms in total. The quantitative estimate of drug-likeness (QED) is 0.493. The fraction of sp³-hybridized carbons (Fsp3) is 0.176. The summed E-state index contributed by atoms with van der Waals surface area (Å²) in [6.07, 6.45) is 1.48. The lowest BCUT2D eigenvalue weighted by atomic mass is 10.2. The molecule has 1 amide bonds. The van der Waals surface area contributed by atoms with Gasteiger partial charge in [-0.15, -0.1) is 0 Å². The number of methoxy groups -OCH3 is 2. The standard InChI is InChI=1S/C17H16Br2N2O4/c1-23-13-4-6-15(24-2)11(7-13)9-20-21-17(22)10-25-16-5-3-12(18)8-14(16)19/h3-9H,10H2,1-2H3,(H,21,22). The van der Waals surface area contributed by atoms with Gasteiger partial charge in [0.25, 0.3) is 5.91 Å². The Morgan fingerprint density at radius 3 is 2.56 bits per heavy atom. The first kappa shape index (κ1) is 19.3. The first-order chi connectivity index (χ1) is 12.0. The summed E-state index contributed by atoms with van der Waals surface area (Å²) >= 11 is 6.72. The number of hydrogen-bond acceptors (Lipinski definition) is 5. The first-order valence-electron chi connectivity index (χ1n) is 7.15. The maximum absolute atomic E-state index is 11.8. The molecule has 2 aromatic rings. The zero-order valence-electron chi connectivity index (χ0n) is 13.6. The average molecular weight is 472 g/mol. The number of carbonyl (C=O) groups is 1. The number of rotatable bonds is 7. The highest BCUT2D eigenvalue weighted by molar-refractivity contribution is 9.11. The van der Waals surface area contributed by atoms with Gasteiger partial charge in [0.05, 0.1) is 24.9 Å². The van der Waals surface area contributed by atoms with Gasteiger partial charge in [-0.1, -0.05) is 15.9 Å². The third kappa shape index (κ3) is 5.75. The Morgan fingerprint density at radius 2 is 1.88 bits per heavy atom. The van der Waals surface area contributed by atoms with E-state index in [0.717, 1.165) is 8.95 Å². The summed E-state index contributed by atoms with van der Waals surface area (Å²) in [6, 6.07) is 10.7. The third-order valence-corrected chi connectivity index (χ3v) is 4.20. The van der Waals surface area contributed by atoms with E-state index < -0.39 is 0 Å². The molecule has 2 aromatic carbocycles. The third-order valence-electron chi connectivity index (χ3n) is 3.08. The van der Waals surface area contributed by atoms with Crippen LogP contribution < -0.4 is 19.6 Å². The van der Waals surface area contributed by atoms with Crippen LogP contribution in [-0.2, 0) is 4.79 Å². The van der Waals surface area contributed by atoms with Crippen molar-refractivity contribution in [1.82, 2.24) is 5.43 Å².